The van der Waals surface area contributed by atoms with Crippen LogP contribution in [0.25, 0.3) is 0 Å². The molecule has 1 atom stereocenters. The summed E-state index contributed by atoms with van der Waals surface area (Å²) in [5.41, 5.74) is 6.45. The molecule has 0 fully saturated rings. The van der Waals surface area contributed by atoms with E-state index in [4.69, 9.17) is 28.9 Å². The summed E-state index contributed by atoms with van der Waals surface area (Å²) in [7, 11) is 0. The molecule has 8 heteroatoms. The SMILES string of the molecule is CC(N)c1nc(C(=O)Nc2ccc(Br)c(Cl)c2Cl)cs1. The number of anilines is 1. The molecule has 106 valence electrons. The first kappa shape index (κ1) is 15.7. The van der Waals surface area contributed by atoms with E-state index in [1.165, 1.54) is 11.3 Å². The highest BCUT2D eigenvalue weighted by Crippen LogP contribution is 2.36. The van der Waals surface area contributed by atoms with Gasteiger partial charge >= 0.3 is 0 Å². The molecule has 2 rings (SSSR count). The van der Waals surface area contributed by atoms with Crippen molar-refractivity contribution in [1.82, 2.24) is 4.98 Å². The molecule has 3 N–H and O–H groups in total. The lowest BCUT2D eigenvalue weighted by Crippen LogP contribution is -2.13. The van der Waals surface area contributed by atoms with E-state index in [1.54, 1.807) is 17.5 Å². The molecule has 0 saturated heterocycles. The Morgan fingerprint density at radius 2 is 2.15 bits per heavy atom. The average molecular weight is 395 g/mol. The van der Waals surface area contributed by atoms with Gasteiger partial charge in [-0.1, -0.05) is 23.2 Å². The Hall–Kier alpha value is -0.660. The van der Waals surface area contributed by atoms with Gasteiger partial charge in [-0.15, -0.1) is 11.3 Å². The molecule has 0 radical (unpaired) electrons. The van der Waals surface area contributed by atoms with Crippen LogP contribution in [-0.4, -0.2) is 10.9 Å². The fourth-order valence-corrected chi connectivity index (χ4v) is 2.99. The van der Waals surface area contributed by atoms with Crippen LogP contribution in [0.2, 0.25) is 10.0 Å². The minimum absolute atomic E-state index is 0.202. The summed E-state index contributed by atoms with van der Waals surface area (Å²) >= 11 is 16.7. The number of rotatable bonds is 3. The maximum absolute atomic E-state index is 12.1. The summed E-state index contributed by atoms with van der Waals surface area (Å²) in [5, 5.41) is 5.65. The number of nitrogens with two attached hydrogens (primary N) is 1. The van der Waals surface area contributed by atoms with Gasteiger partial charge in [0.25, 0.3) is 5.91 Å². The zero-order chi connectivity index (χ0) is 14.9. The molecular weight excluding hydrogens is 385 g/mol. The summed E-state index contributed by atoms with van der Waals surface area (Å²) in [6.45, 7) is 1.81. The molecule has 20 heavy (non-hydrogen) atoms. The standard InChI is InChI=1S/C12H10BrCl2N3OS/c1-5(16)12-18-8(4-20-12)11(19)17-7-3-2-6(13)9(14)10(7)15/h2-5H,16H2,1H3,(H,17,19). The van der Waals surface area contributed by atoms with Crippen LogP contribution in [0.5, 0.6) is 0 Å². The van der Waals surface area contributed by atoms with Crippen molar-refractivity contribution in [1.29, 1.82) is 0 Å². The van der Waals surface area contributed by atoms with E-state index in [2.05, 4.69) is 26.2 Å². The zero-order valence-electron chi connectivity index (χ0n) is 10.3. The third-order valence-corrected chi connectivity index (χ3v) is 5.24. The topological polar surface area (TPSA) is 68.0 Å². The van der Waals surface area contributed by atoms with Gasteiger partial charge in [-0.3, -0.25) is 4.79 Å². The first-order valence-electron chi connectivity index (χ1n) is 5.56. The van der Waals surface area contributed by atoms with E-state index < -0.39 is 0 Å². The number of halogens is 3. The van der Waals surface area contributed by atoms with Gasteiger partial charge in [-0.25, -0.2) is 4.98 Å². The van der Waals surface area contributed by atoms with Crippen molar-refractivity contribution < 1.29 is 4.79 Å². The van der Waals surface area contributed by atoms with E-state index in [9.17, 15) is 4.79 Å². The molecule has 4 nitrogen and oxygen atoms in total. The molecule has 0 saturated carbocycles. The quantitative estimate of drug-likeness (QED) is 0.753. The number of nitrogens with one attached hydrogen (secondary N) is 1. The first-order chi connectivity index (χ1) is 9.40. The lowest BCUT2D eigenvalue weighted by Gasteiger charge is -2.08. The highest BCUT2D eigenvalue weighted by molar-refractivity contribution is 9.10. The monoisotopic (exact) mass is 393 g/mol. The minimum atomic E-state index is -0.353. The number of hydrogen-bond donors (Lipinski definition) is 2. The van der Waals surface area contributed by atoms with Crippen LogP contribution in [0.4, 0.5) is 5.69 Å². The van der Waals surface area contributed by atoms with Crippen molar-refractivity contribution in [3.63, 3.8) is 0 Å². The van der Waals surface area contributed by atoms with Crippen LogP contribution < -0.4 is 11.1 Å². The highest BCUT2D eigenvalue weighted by Gasteiger charge is 2.15. The Morgan fingerprint density at radius 1 is 1.45 bits per heavy atom. The third-order valence-electron chi connectivity index (χ3n) is 2.43. The maximum atomic E-state index is 12.1. The number of benzene rings is 1. The van der Waals surface area contributed by atoms with Gasteiger partial charge in [0.2, 0.25) is 0 Å². The lowest BCUT2D eigenvalue weighted by molar-refractivity contribution is 0.102. The third kappa shape index (κ3) is 3.32. The van der Waals surface area contributed by atoms with Crippen molar-refractivity contribution in [2.75, 3.05) is 5.32 Å². The number of hydrogen-bond acceptors (Lipinski definition) is 4. The van der Waals surface area contributed by atoms with Crippen LogP contribution in [0.1, 0.15) is 28.5 Å². The van der Waals surface area contributed by atoms with Crippen molar-refractivity contribution in [2.45, 2.75) is 13.0 Å². The summed E-state index contributed by atoms with van der Waals surface area (Å²) in [5.74, 6) is -0.353. The Labute approximate surface area is 138 Å². The Bertz CT molecular complexity index is 660. The van der Waals surface area contributed by atoms with Gasteiger partial charge < -0.3 is 11.1 Å². The first-order valence-corrected chi connectivity index (χ1v) is 7.99. The zero-order valence-corrected chi connectivity index (χ0v) is 14.2. The van der Waals surface area contributed by atoms with Crippen LogP contribution in [-0.2, 0) is 0 Å². The van der Waals surface area contributed by atoms with Crippen molar-refractivity contribution >= 4 is 62.1 Å². The van der Waals surface area contributed by atoms with Crippen LogP contribution >= 0.6 is 50.5 Å². The highest BCUT2D eigenvalue weighted by atomic mass is 79.9. The van der Waals surface area contributed by atoms with Gasteiger partial charge in [0.15, 0.2) is 0 Å². The largest absolute Gasteiger partial charge is 0.322 e. The van der Waals surface area contributed by atoms with E-state index in [1.807, 2.05) is 6.92 Å². The van der Waals surface area contributed by atoms with Gasteiger partial charge in [0.05, 0.1) is 21.8 Å². The normalized spacial score (nSPS) is 12.2. The number of carbonyl (C=O) groups is 1. The summed E-state index contributed by atoms with van der Waals surface area (Å²) in [4.78, 5) is 16.2. The van der Waals surface area contributed by atoms with E-state index in [-0.39, 0.29) is 17.0 Å². The molecular formula is C12H10BrCl2N3OS. The molecule has 1 amide bonds. The lowest BCUT2D eigenvalue weighted by atomic mass is 10.3. The van der Waals surface area contributed by atoms with Crippen LogP contribution in [0.15, 0.2) is 22.0 Å². The number of aromatic nitrogens is 1. The molecule has 1 unspecified atom stereocenters. The number of nitrogens with zero attached hydrogens (tertiary/aromatic N) is 1. The molecule has 1 heterocycles. The molecule has 0 bridgehead atoms. The number of carbonyl (C=O) groups excluding carboxylic acids is 1. The Balaban J connectivity index is 2.21. The minimum Gasteiger partial charge on any atom is -0.322 e. The molecule has 1 aromatic carbocycles. The fraction of sp³-hybridized carbons (Fsp3) is 0.167. The van der Waals surface area contributed by atoms with E-state index in [0.29, 0.717) is 25.9 Å². The van der Waals surface area contributed by atoms with Gasteiger partial charge in [-0.05, 0) is 35.0 Å². The van der Waals surface area contributed by atoms with Crippen molar-refractivity contribution in [3.8, 4) is 0 Å². The molecule has 0 aliphatic heterocycles. The molecule has 2 aromatic rings. The molecule has 1 aromatic heterocycles. The van der Waals surface area contributed by atoms with Crippen molar-refractivity contribution in [3.05, 3.63) is 42.7 Å². The Kier molecular flexibility index (Phi) is 5.04. The average Bonchev–Trinajstić information content (AvgIpc) is 2.89. The van der Waals surface area contributed by atoms with Crippen molar-refractivity contribution in [2.24, 2.45) is 5.73 Å². The second-order valence-electron chi connectivity index (χ2n) is 4.04. The van der Waals surface area contributed by atoms with Crippen LogP contribution in [0, 0.1) is 0 Å². The maximum Gasteiger partial charge on any atom is 0.275 e. The van der Waals surface area contributed by atoms with Gasteiger partial charge in [-0.2, -0.15) is 0 Å². The predicted molar refractivity (Wildman–Crippen MR) is 86.8 cm³/mol. The van der Waals surface area contributed by atoms with Gasteiger partial charge in [0, 0.05) is 9.85 Å². The molecule has 0 aliphatic carbocycles. The van der Waals surface area contributed by atoms with Crippen LogP contribution in [0.3, 0.4) is 0 Å². The summed E-state index contributed by atoms with van der Waals surface area (Å²) in [6, 6.07) is 3.17. The smallest absolute Gasteiger partial charge is 0.275 e. The van der Waals surface area contributed by atoms with Gasteiger partial charge in [0.1, 0.15) is 10.7 Å². The second kappa shape index (κ2) is 6.41. The van der Waals surface area contributed by atoms with E-state index in [0.717, 1.165) is 0 Å². The molecule has 0 spiro atoms. The number of amides is 1. The van der Waals surface area contributed by atoms with E-state index >= 15 is 0 Å². The predicted octanol–water partition coefficient (Wildman–Crippen LogP) is 4.48. The second-order valence-corrected chi connectivity index (χ2v) is 6.54. The fourth-order valence-electron chi connectivity index (χ4n) is 1.41. The summed E-state index contributed by atoms with van der Waals surface area (Å²) < 4.78 is 0.662. The molecule has 0 aliphatic rings. The summed E-state index contributed by atoms with van der Waals surface area (Å²) in [6.07, 6.45) is 0. The number of thiazole rings is 1. The Morgan fingerprint density at radius 3 is 2.75 bits per heavy atom.